The number of aliphatic hydroxyl groups is 10. The number of hydrogen-bond acceptors (Lipinski definition) is 19. The second kappa shape index (κ2) is 15.5. The first kappa shape index (κ1) is 37.6. The minimum atomic E-state index is -1.84. The van der Waals surface area contributed by atoms with Crippen LogP contribution in [0, 0.1) is 0 Å². The van der Waals surface area contributed by atoms with E-state index in [4.69, 9.17) is 38.9 Å². The molecule has 20 atom stereocenters. The van der Waals surface area contributed by atoms with E-state index in [1.807, 2.05) is 0 Å². The van der Waals surface area contributed by atoms with Crippen molar-refractivity contribution < 1.29 is 89.0 Å². The van der Waals surface area contributed by atoms with Crippen LogP contribution >= 0.6 is 0 Å². The van der Waals surface area contributed by atoms with Gasteiger partial charge in [-0.3, -0.25) is 4.79 Å². The number of ether oxygens (including phenoxy) is 7. The molecule has 0 saturated carbocycles. The molecular weight excluding hydrogens is 628 g/mol. The van der Waals surface area contributed by atoms with Gasteiger partial charge in [-0.1, -0.05) is 0 Å². The number of rotatable bonds is 9. The molecule has 13 N–H and O–H groups in total. The van der Waals surface area contributed by atoms with Gasteiger partial charge >= 0.3 is 0 Å². The van der Waals surface area contributed by atoms with Gasteiger partial charge in [0.15, 0.2) is 25.2 Å². The summed E-state index contributed by atoms with van der Waals surface area (Å²) in [5, 5.41) is 106. The highest BCUT2D eigenvalue weighted by Crippen LogP contribution is 2.34. The van der Waals surface area contributed by atoms with E-state index in [0.717, 1.165) is 6.92 Å². The maximum absolute atomic E-state index is 12.2. The Hall–Kier alpha value is -1.25. The second-order valence-corrected chi connectivity index (χ2v) is 11.9. The summed E-state index contributed by atoms with van der Waals surface area (Å²) >= 11 is 0. The van der Waals surface area contributed by atoms with Crippen LogP contribution in [0.3, 0.4) is 0 Å². The summed E-state index contributed by atoms with van der Waals surface area (Å²) in [5.74, 6) is -0.679. The van der Waals surface area contributed by atoms with Crippen molar-refractivity contribution in [2.45, 2.75) is 143 Å². The molecule has 0 radical (unpaired) electrons. The van der Waals surface area contributed by atoms with E-state index in [2.05, 4.69) is 5.32 Å². The van der Waals surface area contributed by atoms with Crippen LogP contribution in [0.4, 0.5) is 0 Å². The third-order valence-corrected chi connectivity index (χ3v) is 8.62. The van der Waals surface area contributed by atoms with Gasteiger partial charge in [0.05, 0.1) is 31.5 Å². The molecule has 4 aliphatic rings. The molecule has 20 nitrogen and oxygen atoms in total. The first-order valence-electron chi connectivity index (χ1n) is 14.9. The van der Waals surface area contributed by atoms with Gasteiger partial charge < -0.3 is 95.3 Å². The fourth-order valence-corrected chi connectivity index (χ4v) is 5.87. The largest absolute Gasteiger partial charge is 0.394 e. The Morgan fingerprint density at radius 3 is 1.59 bits per heavy atom. The summed E-state index contributed by atoms with van der Waals surface area (Å²) in [4.78, 5) is 12.2. The number of carbonyl (C=O) groups excluding carboxylic acids is 1. The molecule has 46 heavy (non-hydrogen) atoms. The number of hydrogen-bond donors (Lipinski definition) is 12. The lowest BCUT2D eigenvalue weighted by Crippen LogP contribution is -2.70. The van der Waals surface area contributed by atoms with E-state index >= 15 is 0 Å². The van der Waals surface area contributed by atoms with Gasteiger partial charge in [-0.2, -0.15) is 0 Å². The number of nitrogens with two attached hydrogens (primary N) is 1. The van der Waals surface area contributed by atoms with Crippen LogP contribution in [0.1, 0.15) is 20.8 Å². The molecule has 0 unspecified atom stereocenters. The van der Waals surface area contributed by atoms with Gasteiger partial charge in [0, 0.05) is 6.92 Å². The zero-order chi connectivity index (χ0) is 34.2. The van der Waals surface area contributed by atoms with Crippen molar-refractivity contribution in [3.8, 4) is 0 Å². The molecule has 0 bridgehead atoms. The van der Waals surface area contributed by atoms with E-state index in [-0.39, 0.29) is 0 Å². The smallest absolute Gasteiger partial charge is 0.217 e. The van der Waals surface area contributed by atoms with Crippen molar-refractivity contribution in [2.24, 2.45) is 5.73 Å². The van der Waals surface area contributed by atoms with E-state index in [0.29, 0.717) is 0 Å². The van der Waals surface area contributed by atoms with Crippen LogP contribution in [0.5, 0.6) is 0 Å². The Bertz CT molecular complexity index is 1000. The second-order valence-electron chi connectivity index (χ2n) is 11.9. The molecule has 4 aliphatic heterocycles. The molecule has 4 heterocycles. The Labute approximate surface area is 263 Å². The van der Waals surface area contributed by atoms with Crippen LogP contribution in [-0.4, -0.2) is 193 Å². The summed E-state index contributed by atoms with van der Waals surface area (Å²) in [7, 11) is 0. The summed E-state index contributed by atoms with van der Waals surface area (Å²) in [6.45, 7) is 2.32. The SMILES string of the molecule is CC(=O)N[C@@H]1[C@@H](O[C@@H]2O[C@H](CO)[C@H](O)[C@H](N)[C@H]2O[C@@H]2O[C@@H](C)[C@@H](O)[C@@H](O)[C@@H]2O)[C@H](O[C@@H]2O[C@@H](C)[C@@H](O)[C@@H](O)[C@@H]2O)[C@@H](CO)O[C@H]1O. The lowest BCUT2D eigenvalue weighted by molar-refractivity contribution is -0.381. The van der Waals surface area contributed by atoms with Crippen LogP contribution in [-0.2, 0) is 38.0 Å². The van der Waals surface area contributed by atoms with E-state index in [1.165, 1.54) is 13.8 Å². The molecule has 20 heteroatoms. The standard InChI is InChI=1S/C26H46N2O18/c1-6-13(32)16(35)18(37)24(40-6)44-20-10(5-30)42-23(39)12(28-8(3)31)22(20)46-26-21(11(27)15(34)9(4-29)43-26)45-25-19(38)17(36)14(33)7(2)41-25/h6-7,9-26,29-30,32-39H,4-5,27H2,1-3H3,(H,28,31)/t6-,7-,9+,10+,11-,12+,13+,14+,15-,16+,17+,18-,19-,20+,21+,22+,23+,24-,25-,26-/m0/s1. The highest BCUT2D eigenvalue weighted by Gasteiger charge is 2.55. The predicted molar refractivity (Wildman–Crippen MR) is 145 cm³/mol. The zero-order valence-electron chi connectivity index (χ0n) is 25.3. The number of aliphatic hydroxyl groups excluding tert-OH is 10. The zero-order valence-corrected chi connectivity index (χ0v) is 25.3. The third kappa shape index (κ3) is 7.64. The monoisotopic (exact) mass is 674 g/mol. The summed E-state index contributed by atoms with van der Waals surface area (Å²) in [6.07, 6.45) is -28.1. The topological polar surface area (TPSA) is 322 Å². The predicted octanol–water partition coefficient (Wildman–Crippen LogP) is -7.58. The Kier molecular flexibility index (Phi) is 12.7. The molecule has 4 saturated heterocycles. The lowest BCUT2D eigenvalue weighted by atomic mass is 9.93. The van der Waals surface area contributed by atoms with Crippen molar-refractivity contribution >= 4 is 5.91 Å². The first-order valence-corrected chi connectivity index (χ1v) is 14.9. The average Bonchev–Trinajstić information content (AvgIpc) is 3.01. The number of carbonyl (C=O) groups is 1. The minimum Gasteiger partial charge on any atom is -0.394 e. The minimum absolute atomic E-state index is 0.679. The summed E-state index contributed by atoms with van der Waals surface area (Å²) in [5.41, 5.74) is 6.27. The van der Waals surface area contributed by atoms with Crippen molar-refractivity contribution in [1.29, 1.82) is 0 Å². The highest BCUT2D eigenvalue weighted by molar-refractivity contribution is 5.73. The molecule has 0 spiro atoms. The molecule has 0 aromatic heterocycles. The van der Waals surface area contributed by atoms with E-state index in [1.54, 1.807) is 0 Å². The Morgan fingerprint density at radius 2 is 1.11 bits per heavy atom. The van der Waals surface area contributed by atoms with Gasteiger partial charge in [-0.05, 0) is 13.8 Å². The third-order valence-electron chi connectivity index (χ3n) is 8.62. The Balaban J connectivity index is 1.69. The fraction of sp³-hybridized carbons (Fsp3) is 0.962. The highest BCUT2D eigenvalue weighted by atomic mass is 16.8. The molecule has 268 valence electrons. The van der Waals surface area contributed by atoms with E-state index in [9.17, 15) is 55.9 Å². The molecule has 1 amide bonds. The summed E-state index contributed by atoms with van der Waals surface area (Å²) in [6, 6.07) is -2.92. The van der Waals surface area contributed by atoms with Gasteiger partial charge in [0.1, 0.15) is 79.3 Å². The van der Waals surface area contributed by atoms with Gasteiger partial charge in [0.2, 0.25) is 5.91 Å². The maximum Gasteiger partial charge on any atom is 0.217 e. The van der Waals surface area contributed by atoms with Gasteiger partial charge in [0.25, 0.3) is 0 Å². The maximum atomic E-state index is 12.2. The number of amides is 1. The van der Waals surface area contributed by atoms with Crippen LogP contribution in [0.15, 0.2) is 0 Å². The van der Waals surface area contributed by atoms with Crippen molar-refractivity contribution in [1.82, 2.24) is 5.32 Å². The molecule has 0 aromatic carbocycles. The molecular formula is C26H46N2O18. The first-order chi connectivity index (χ1) is 21.6. The Morgan fingerprint density at radius 1 is 0.630 bits per heavy atom. The number of nitrogens with one attached hydrogen (secondary N) is 1. The fourth-order valence-electron chi connectivity index (χ4n) is 5.87. The van der Waals surface area contributed by atoms with Crippen molar-refractivity contribution in [2.75, 3.05) is 13.2 Å². The quantitative estimate of drug-likeness (QED) is 0.108. The normalized spacial score (nSPS) is 51.9. The van der Waals surface area contributed by atoms with Crippen LogP contribution in [0.25, 0.3) is 0 Å². The van der Waals surface area contributed by atoms with Crippen molar-refractivity contribution in [3.05, 3.63) is 0 Å². The van der Waals surface area contributed by atoms with Gasteiger partial charge in [-0.25, -0.2) is 0 Å². The van der Waals surface area contributed by atoms with Crippen molar-refractivity contribution in [3.63, 3.8) is 0 Å². The van der Waals surface area contributed by atoms with E-state index < -0.39 is 142 Å². The van der Waals surface area contributed by atoms with Gasteiger partial charge in [-0.15, -0.1) is 0 Å². The summed E-state index contributed by atoms with van der Waals surface area (Å²) < 4.78 is 40.2. The lowest BCUT2D eigenvalue weighted by Gasteiger charge is -2.50. The van der Waals surface area contributed by atoms with Crippen LogP contribution < -0.4 is 11.1 Å². The molecule has 4 fully saturated rings. The average molecular weight is 675 g/mol. The van der Waals surface area contributed by atoms with Crippen LogP contribution in [0.2, 0.25) is 0 Å². The molecule has 0 aromatic rings. The molecule has 4 rings (SSSR count). The molecule has 0 aliphatic carbocycles.